The van der Waals surface area contributed by atoms with E-state index in [0.29, 0.717) is 13.2 Å². The van der Waals surface area contributed by atoms with Crippen LogP contribution in [-0.4, -0.2) is 37.1 Å². The van der Waals surface area contributed by atoms with Crippen molar-refractivity contribution in [1.29, 1.82) is 0 Å². The minimum Gasteiger partial charge on any atom is -0.377 e. The monoisotopic (exact) mass is 242 g/mol. The van der Waals surface area contributed by atoms with E-state index in [1.807, 2.05) is 13.8 Å². The lowest BCUT2D eigenvalue weighted by atomic mass is 10.0. The third-order valence-electron chi connectivity index (χ3n) is 3.15. The lowest BCUT2D eigenvalue weighted by Crippen LogP contribution is -2.51. The summed E-state index contributed by atoms with van der Waals surface area (Å²) in [5, 5.41) is 5.75. The van der Waals surface area contributed by atoms with Gasteiger partial charge in [0.05, 0.1) is 25.3 Å². The lowest BCUT2D eigenvalue weighted by molar-refractivity contribution is -0.126. The second-order valence-electron chi connectivity index (χ2n) is 4.47. The highest BCUT2D eigenvalue weighted by Crippen LogP contribution is 2.11. The number of carbonyl (C=O) groups is 2. The molecule has 0 radical (unpaired) electrons. The fourth-order valence-electron chi connectivity index (χ4n) is 2.06. The van der Waals surface area contributed by atoms with Crippen LogP contribution >= 0.6 is 0 Å². The van der Waals surface area contributed by atoms with Crippen molar-refractivity contribution < 1.29 is 14.3 Å². The molecule has 2 N–H and O–H groups in total. The molecule has 1 rings (SSSR count). The van der Waals surface area contributed by atoms with Gasteiger partial charge in [0.15, 0.2) is 0 Å². The molecule has 0 saturated carbocycles. The van der Waals surface area contributed by atoms with Crippen LogP contribution in [0.15, 0.2) is 0 Å². The van der Waals surface area contributed by atoms with Crippen LogP contribution in [-0.2, 0) is 14.3 Å². The summed E-state index contributed by atoms with van der Waals surface area (Å²) in [5.74, 6) is 0.0108. The molecule has 5 nitrogen and oxygen atoms in total. The van der Waals surface area contributed by atoms with E-state index in [1.165, 1.54) is 6.92 Å². The van der Waals surface area contributed by atoms with Crippen molar-refractivity contribution in [3.8, 4) is 0 Å². The zero-order valence-electron chi connectivity index (χ0n) is 10.8. The van der Waals surface area contributed by atoms with Gasteiger partial charge in [0, 0.05) is 12.8 Å². The SMILES string of the molecule is CCC(CC)C(=O)N[C@H]1COC[C@H]1NC(C)=O. The molecule has 0 spiro atoms. The number of amides is 2. The molecule has 5 heteroatoms. The van der Waals surface area contributed by atoms with Crippen LogP contribution in [0, 0.1) is 5.92 Å². The Morgan fingerprint density at radius 1 is 1.18 bits per heavy atom. The Morgan fingerprint density at radius 2 is 1.71 bits per heavy atom. The van der Waals surface area contributed by atoms with Crippen molar-refractivity contribution in [2.45, 2.75) is 45.7 Å². The maximum absolute atomic E-state index is 11.9. The second kappa shape index (κ2) is 6.59. The summed E-state index contributed by atoms with van der Waals surface area (Å²) in [7, 11) is 0. The summed E-state index contributed by atoms with van der Waals surface area (Å²) in [6, 6.07) is -0.210. The molecule has 1 aliphatic heterocycles. The molecule has 0 aromatic heterocycles. The van der Waals surface area contributed by atoms with Gasteiger partial charge in [0.25, 0.3) is 0 Å². The summed E-state index contributed by atoms with van der Waals surface area (Å²) in [6.45, 7) is 6.41. The normalized spacial score (nSPS) is 23.8. The molecular weight excluding hydrogens is 220 g/mol. The average molecular weight is 242 g/mol. The van der Waals surface area contributed by atoms with E-state index in [4.69, 9.17) is 4.74 Å². The molecule has 17 heavy (non-hydrogen) atoms. The summed E-state index contributed by atoms with van der Waals surface area (Å²) >= 11 is 0. The number of hydrogen-bond donors (Lipinski definition) is 2. The van der Waals surface area contributed by atoms with Gasteiger partial charge < -0.3 is 15.4 Å². The molecule has 1 saturated heterocycles. The molecule has 1 aliphatic rings. The summed E-state index contributed by atoms with van der Waals surface area (Å²) < 4.78 is 5.29. The van der Waals surface area contributed by atoms with Gasteiger partial charge in [-0.15, -0.1) is 0 Å². The minimum atomic E-state index is -0.106. The fourth-order valence-corrected chi connectivity index (χ4v) is 2.06. The Morgan fingerprint density at radius 3 is 2.18 bits per heavy atom. The topological polar surface area (TPSA) is 67.4 Å². The van der Waals surface area contributed by atoms with E-state index < -0.39 is 0 Å². The van der Waals surface area contributed by atoms with E-state index in [0.717, 1.165) is 12.8 Å². The largest absolute Gasteiger partial charge is 0.377 e. The van der Waals surface area contributed by atoms with Crippen molar-refractivity contribution in [1.82, 2.24) is 10.6 Å². The Hall–Kier alpha value is -1.10. The average Bonchev–Trinajstić information content (AvgIpc) is 2.66. The number of rotatable bonds is 5. The maximum atomic E-state index is 11.9. The number of carbonyl (C=O) groups excluding carboxylic acids is 2. The zero-order valence-corrected chi connectivity index (χ0v) is 10.8. The predicted octanol–water partition coefficient (Wildman–Crippen LogP) is 0.442. The first-order valence-corrected chi connectivity index (χ1v) is 6.23. The molecule has 2 atom stereocenters. The Kier molecular flexibility index (Phi) is 5.41. The van der Waals surface area contributed by atoms with Crippen molar-refractivity contribution in [2.75, 3.05) is 13.2 Å². The van der Waals surface area contributed by atoms with E-state index in [2.05, 4.69) is 10.6 Å². The molecule has 1 fully saturated rings. The van der Waals surface area contributed by atoms with Crippen LogP contribution in [0.2, 0.25) is 0 Å². The highest BCUT2D eigenvalue weighted by atomic mass is 16.5. The Labute approximate surface area is 102 Å². The highest BCUT2D eigenvalue weighted by molar-refractivity contribution is 5.79. The van der Waals surface area contributed by atoms with Gasteiger partial charge in [-0.25, -0.2) is 0 Å². The van der Waals surface area contributed by atoms with Gasteiger partial charge in [-0.1, -0.05) is 13.8 Å². The van der Waals surface area contributed by atoms with E-state index in [9.17, 15) is 9.59 Å². The van der Waals surface area contributed by atoms with Crippen LogP contribution < -0.4 is 10.6 Å². The zero-order chi connectivity index (χ0) is 12.8. The van der Waals surface area contributed by atoms with E-state index >= 15 is 0 Å². The third-order valence-corrected chi connectivity index (χ3v) is 3.15. The summed E-state index contributed by atoms with van der Waals surface area (Å²) in [5.41, 5.74) is 0. The second-order valence-corrected chi connectivity index (χ2v) is 4.47. The van der Waals surface area contributed by atoms with Crippen LogP contribution in [0.3, 0.4) is 0 Å². The molecule has 0 aromatic rings. The smallest absolute Gasteiger partial charge is 0.223 e. The van der Waals surface area contributed by atoms with Crippen LogP contribution in [0.5, 0.6) is 0 Å². The van der Waals surface area contributed by atoms with Crippen molar-refractivity contribution >= 4 is 11.8 Å². The summed E-state index contributed by atoms with van der Waals surface area (Å²) in [6.07, 6.45) is 1.67. The van der Waals surface area contributed by atoms with Gasteiger partial charge in [0.2, 0.25) is 11.8 Å². The molecule has 0 aromatic carbocycles. The lowest BCUT2D eigenvalue weighted by Gasteiger charge is -2.22. The Balaban J connectivity index is 2.49. The molecule has 0 unspecified atom stereocenters. The molecule has 2 amide bonds. The highest BCUT2D eigenvalue weighted by Gasteiger charge is 2.31. The summed E-state index contributed by atoms with van der Waals surface area (Å²) in [4.78, 5) is 22.9. The van der Waals surface area contributed by atoms with Gasteiger partial charge in [-0.2, -0.15) is 0 Å². The molecular formula is C12H22N2O3. The molecule has 1 heterocycles. The predicted molar refractivity (Wildman–Crippen MR) is 64.4 cm³/mol. The first-order valence-electron chi connectivity index (χ1n) is 6.23. The molecule has 98 valence electrons. The Bertz CT molecular complexity index is 277. The quantitative estimate of drug-likeness (QED) is 0.735. The van der Waals surface area contributed by atoms with E-state index in [1.54, 1.807) is 0 Å². The molecule has 0 bridgehead atoms. The number of nitrogens with one attached hydrogen (secondary N) is 2. The molecule has 0 aliphatic carbocycles. The van der Waals surface area contributed by atoms with Crippen LogP contribution in [0.4, 0.5) is 0 Å². The van der Waals surface area contributed by atoms with Gasteiger partial charge in [-0.3, -0.25) is 9.59 Å². The van der Waals surface area contributed by atoms with Gasteiger partial charge in [-0.05, 0) is 12.8 Å². The van der Waals surface area contributed by atoms with Crippen LogP contribution in [0.1, 0.15) is 33.6 Å². The number of ether oxygens (including phenoxy) is 1. The van der Waals surface area contributed by atoms with Crippen molar-refractivity contribution in [3.63, 3.8) is 0 Å². The van der Waals surface area contributed by atoms with E-state index in [-0.39, 0.29) is 29.8 Å². The van der Waals surface area contributed by atoms with Gasteiger partial charge in [0.1, 0.15) is 0 Å². The standard InChI is InChI=1S/C12H22N2O3/c1-4-9(5-2)12(16)14-11-7-17-6-10(11)13-8(3)15/h9-11H,4-7H2,1-3H3,(H,13,15)(H,14,16)/t10-,11+/m1/s1. The third kappa shape index (κ3) is 4.00. The van der Waals surface area contributed by atoms with Crippen molar-refractivity contribution in [2.24, 2.45) is 5.92 Å². The first kappa shape index (κ1) is 14.0. The number of hydrogen-bond acceptors (Lipinski definition) is 3. The van der Waals surface area contributed by atoms with Crippen LogP contribution in [0.25, 0.3) is 0 Å². The minimum absolute atomic E-state index is 0.0496. The fraction of sp³-hybridized carbons (Fsp3) is 0.833. The maximum Gasteiger partial charge on any atom is 0.223 e. The van der Waals surface area contributed by atoms with Crippen molar-refractivity contribution in [3.05, 3.63) is 0 Å². The van der Waals surface area contributed by atoms with Gasteiger partial charge >= 0.3 is 0 Å². The first-order chi connectivity index (χ1) is 8.08.